The summed E-state index contributed by atoms with van der Waals surface area (Å²) in [6.45, 7) is 0. The van der Waals surface area contributed by atoms with Crippen LogP contribution in [0.3, 0.4) is 0 Å². The Morgan fingerprint density at radius 1 is 1.29 bits per heavy atom. The Morgan fingerprint density at radius 2 is 1.79 bits per heavy atom. The Labute approximate surface area is 96.7 Å². The number of halogens is 2. The maximum atomic E-state index is 11.6. The van der Waals surface area contributed by atoms with E-state index in [4.69, 9.17) is 0 Å². The molecule has 14 heavy (non-hydrogen) atoms. The van der Waals surface area contributed by atoms with Crippen LogP contribution in [0.1, 0.15) is 10.4 Å². The third kappa shape index (κ3) is 2.19. The molecule has 1 aromatic carbocycles. The minimum absolute atomic E-state index is 0.276. The first-order valence-corrected chi connectivity index (χ1v) is 5.17. The minimum Gasteiger partial charge on any atom is -0.284 e. The van der Waals surface area contributed by atoms with Crippen molar-refractivity contribution >= 4 is 37.6 Å². The zero-order valence-electron chi connectivity index (χ0n) is 6.81. The van der Waals surface area contributed by atoms with E-state index in [0.717, 1.165) is 0 Å². The monoisotopic (exact) mass is 321 g/mol. The maximum absolute atomic E-state index is 11.6. The van der Waals surface area contributed by atoms with Gasteiger partial charge in [-0.2, -0.15) is 0 Å². The summed E-state index contributed by atoms with van der Waals surface area (Å²) < 4.78 is -1.93. The van der Waals surface area contributed by atoms with Crippen LogP contribution in [0.5, 0.6) is 0 Å². The molecule has 0 amide bonds. The first-order chi connectivity index (χ1) is 6.46. The van der Waals surface area contributed by atoms with Crippen molar-refractivity contribution in [2.45, 2.75) is 3.36 Å². The van der Waals surface area contributed by atoms with E-state index in [0.29, 0.717) is 0 Å². The number of benzene rings is 1. The highest BCUT2D eigenvalue weighted by Crippen LogP contribution is 2.30. The van der Waals surface area contributed by atoms with Crippen LogP contribution in [0.4, 0.5) is 0 Å². The van der Waals surface area contributed by atoms with E-state index in [2.05, 4.69) is 31.9 Å². The molecular weight excluding hydrogens is 318 g/mol. The van der Waals surface area contributed by atoms with E-state index in [-0.39, 0.29) is 5.56 Å². The highest BCUT2D eigenvalue weighted by molar-refractivity contribution is 9.25. The zero-order valence-corrected chi connectivity index (χ0v) is 9.99. The highest BCUT2D eigenvalue weighted by Gasteiger charge is 2.45. The Hall–Kier alpha value is -0.750. The molecule has 1 aromatic rings. The first-order valence-electron chi connectivity index (χ1n) is 3.58. The summed E-state index contributed by atoms with van der Waals surface area (Å²) in [6, 6.07) is 8.05. The quantitative estimate of drug-likeness (QED) is 0.282. The second kappa shape index (κ2) is 4.18. The number of rotatable bonds is 3. The molecule has 4 nitrogen and oxygen atoms in total. The molecular formula is C8H5Br2NO3. The summed E-state index contributed by atoms with van der Waals surface area (Å²) in [6.07, 6.45) is 0. The Morgan fingerprint density at radius 3 is 2.21 bits per heavy atom. The molecule has 0 heterocycles. The molecule has 0 saturated heterocycles. The van der Waals surface area contributed by atoms with Gasteiger partial charge in [0.2, 0.25) is 0 Å². The lowest BCUT2D eigenvalue weighted by molar-refractivity contribution is -0.487. The van der Waals surface area contributed by atoms with Gasteiger partial charge in [-0.1, -0.05) is 30.3 Å². The zero-order chi connectivity index (χ0) is 10.8. The summed E-state index contributed by atoms with van der Waals surface area (Å²) in [5, 5.41) is 10.5. The first kappa shape index (κ1) is 11.3. The number of ketones is 1. The molecule has 0 bridgehead atoms. The molecule has 0 aliphatic rings. The standard InChI is InChI=1S/C8H5Br2NO3/c9-8(10,11(13)14)7(12)6-4-2-1-3-5-6/h1-5H. The highest BCUT2D eigenvalue weighted by atomic mass is 79.9. The lowest BCUT2D eigenvalue weighted by atomic mass is 10.1. The summed E-state index contributed by atoms with van der Waals surface area (Å²) in [7, 11) is 0. The summed E-state index contributed by atoms with van der Waals surface area (Å²) in [5.41, 5.74) is 0.276. The van der Waals surface area contributed by atoms with E-state index in [1.54, 1.807) is 18.2 Å². The molecule has 0 aromatic heterocycles. The van der Waals surface area contributed by atoms with Gasteiger partial charge >= 0.3 is 3.36 Å². The number of nitro groups is 1. The van der Waals surface area contributed by atoms with Crippen LogP contribution in [0, 0.1) is 10.1 Å². The van der Waals surface area contributed by atoms with E-state index in [9.17, 15) is 14.9 Å². The molecule has 0 aliphatic heterocycles. The van der Waals surface area contributed by atoms with E-state index >= 15 is 0 Å². The fraction of sp³-hybridized carbons (Fsp3) is 0.125. The number of hydrogen-bond donors (Lipinski definition) is 0. The van der Waals surface area contributed by atoms with E-state index < -0.39 is 14.1 Å². The van der Waals surface area contributed by atoms with Crippen molar-refractivity contribution in [3.63, 3.8) is 0 Å². The third-order valence-corrected chi connectivity index (χ3v) is 2.84. The molecule has 0 radical (unpaired) electrons. The Bertz CT molecular complexity index is 364. The summed E-state index contributed by atoms with van der Waals surface area (Å²) >= 11 is 5.43. The van der Waals surface area contributed by atoms with Gasteiger partial charge in [0.05, 0.1) is 4.92 Å². The Balaban J connectivity index is 3.03. The van der Waals surface area contributed by atoms with Gasteiger partial charge in [-0.3, -0.25) is 14.9 Å². The van der Waals surface area contributed by atoms with Gasteiger partial charge in [0.15, 0.2) is 0 Å². The number of carbonyl (C=O) groups is 1. The average molecular weight is 323 g/mol. The molecule has 0 fully saturated rings. The topological polar surface area (TPSA) is 60.2 Å². The molecule has 0 aliphatic carbocycles. The van der Waals surface area contributed by atoms with Gasteiger partial charge in [-0.25, -0.2) is 0 Å². The van der Waals surface area contributed by atoms with E-state index in [1.807, 2.05) is 0 Å². The second-order valence-corrected chi connectivity index (χ2v) is 5.85. The Kier molecular flexibility index (Phi) is 3.38. The molecule has 0 N–H and O–H groups in total. The van der Waals surface area contributed by atoms with Gasteiger partial charge in [-0.05, 0) is 0 Å². The lowest BCUT2D eigenvalue weighted by Crippen LogP contribution is -2.33. The number of carbonyl (C=O) groups excluding carboxylic acids is 1. The predicted octanol–water partition coefficient (Wildman–Crippen LogP) is 2.59. The second-order valence-electron chi connectivity index (χ2n) is 2.49. The van der Waals surface area contributed by atoms with Crippen LogP contribution >= 0.6 is 31.9 Å². The molecule has 0 saturated carbocycles. The van der Waals surface area contributed by atoms with Gasteiger partial charge in [-0.15, -0.1) is 0 Å². The normalized spacial score (nSPS) is 11.0. The molecule has 1 rings (SSSR count). The van der Waals surface area contributed by atoms with E-state index in [1.165, 1.54) is 12.1 Å². The van der Waals surface area contributed by atoms with Crippen molar-refractivity contribution in [3.05, 3.63) is 46.0 Å². The smallest absolute Gasteiger partial charge is 0.284 e. The van der Waals surface area contributed by atoms with Gasteiger partial charge in [0, 0.05) is 37.4 Å². The van der Waals surface area contributed by atoms with Crippen LogP contribution in [0.25, 0.3) is 0 Å². The summed E-state index contributed by atoms with van der Waals surface area (Å²) in [5.74, 6) is -0.636. The van der Waals surface area contributed by atoms with Crippen molar-refractivity contribution in [3.8, 4) is 0 Å². The van der Waals surface area contributed by atoms with Crippen molar-refractivity contribution in [1.82, 2.24) is 0 Å². The fourth-order valence-electron chi connectivity index (χ4n) is 0.846. The number of alkyl halides is 2. The third-order valence-electron chi connectivity index (χ3n) is 1.54. The molecule has 0 atom stereocenters. The van der Waals surface area contributed by atoms with Gasteiger partial charge in [0.25, 0.3) is 5.78 Å². The largest absolute Gasteiger partial charge is 0.388 e. The van der Waals surface area contributed by atoms with Crippen molar-refractivity contribution in [1.29, 1.82) is 0 Å². The SMILES string of the molecule is O=C(c1ccccc1)C(Br)(Br)[N+](=O)[O-]. The van der Waals surface area contributed by atoms with Gasteiger partial charge < -0.3 is 0 Å². The van der Waals surface area contributed by atoms with Crippen LogP contribution in [0.15, 0.2) is 30.3 Å². The van der Waals surface area contributed by atoms with Crippen LogP contribution in [0.2, 0.25) is 0 Å². The summed E-state index contributed by atoms with van der Waals surface area (Å²) in [4.78, 5) is 21.4. The van der Waals surface area contributed by atoms with Crippen molar-refractivity contribution in [2.24, 2.45) is 0 Å². The molecule has 6 heteroatoms. The van der Waals surface area contributed by atoms with Gasteiger partial charge in [0.1, 0.15) is 0 Å². The van der Waals surface area contributed by atoms with Crippen LogP contribution < -0.4 is 0 Å². The molecule has 74 valence electrons. The van der Waals surface area contributed by atoms with Crippen LogP contribution in [-0.2, 0) is 0 Å². The molecule has 0 unspecified atom stereocenters. The maximum Gasteiger partial charge on any atom is 0.388 e. The average Bonchev–Trinajstić information content (AvgIpc) is 2.17. The predicted molar refractivity (Wildman–Crippen MR) is 58.4 cm³/mol. The van der Waals surface area contributed by atoms with Crippen molar-refractivity contribution < 1.29 is 9.72 Å². The lowest BCUT2D eigenvalue weighted by Gasteiger charge is -2.09. The van der Waals surface area contributed by atoms with Crippen molar-refractivity contribution in [2.75, 3.05) is 0 Å². The van der Waals surface area contributed by atoms with Crippen LogP contribution in [-0.4, -0.2) is 14.1 Å². The fourth-order valence-corrected chi connectivity index (χ4v) is 1.30. The minimum atomic E-state index is -1.93. The number of hydrogen-bond acceptors (Lipinski definition) is 3. The number of nitrogens with zero attached hydrogens (tertiary/aromatic N) is 1. The molecule has 0 spiro atoms. The number of Topliss-reactive ketones (excluding diaryl/α,β-unsaturated/α-hetero) is 1.